The predicted molar refractivity (Wildman–Crippen MR) is 102 cm³/mol. The molecule has 0 radical (unpaired) electrons. The molecule has 2 N–H and O–H groups in total. The number of thiazole rings is 1. The molecule has 1 aromatic carbocycles. The third kappa shape index (κ3) is 5.22. The van der Waals surface area contributed by atoms with E-state index in [0.29, 0.717) is 30.5 Å². The smallest absolute Gasteiger partial charge is 0.357 e. The first-order valence-corrected chi connectivity index (χ1v) is 9.90. The molecule has 1 aliphatic rings. The summed E-state index contributed by atoms with van der Waals surface area (Å²) in [6.07, 6.45) is -1.71. The van der Waals surface area contributed by atoms with E-state index in [2.05, 4.69) is 27.8 Å². The van der Waals surface area contributed by atoms with Crippen LogP contribution in [0.4, 0.5) is 13.2 Å². The van der Waals surface area contributed by atoms with Crippen LogP contribution in [0.15, 0.2) is 40.7 Å². The van der Waals surface area contributed by atoms with Gasteiger partial charge in [0.05, 0.1) is 11.6 Å². The minimum atomic E-state index is -4.38. The zero-order valence-electron chi connectivity index (χ0n) is 15.1. The number of guanidine groups is 1. The average molecular weight is 396 g/mol. The lowest BCUT2D eigenvalue weighted by atomic mass is 9.96. The highest BCUT2D eigenvalue weighted by Gasteiger charge is 2.44. The van der Waals surface area contributed by atoms with Crippen LogP contribution in [0.2, 0.25) is 0 Å². The number of alkyl halides is 3. The van der Waals surface area contributed by atoms with Crippen LogP contribution >= 0.6 is 11.3 Å². The van der Waals surface area contributed by atoms with E-state index in [0.717, 1.165) is 36.1 Å². The van der Waals surface area contributed by atoms with Gasteiger partial charge in [0.25, 0.3) is 0 Å². The largest absolute Gasteiger partial charge is 0.434 e. The molecule has 2 aromatic rings. The van der Waals surface area contributed by atoms with E-state index in [1.807, 2.05) is 25.1 Å². The van der Waals surface area contributed by atoms with Gasteiger partial charge in [0, 0.05) is 30.3 Å². The van der Waals surface area contributed by atoms with Gasteiger partial charge in [-0.25, -0.2) is 4.98 Å². The molecule has 146 valence electrons. The second-order valence-electron chi connectivity index (χ2n) is 6.64. The number of hydrogen-bond acceptors (Lipinski definition) is 3. The standard InChI is InChI=1S/C19H23F3N4S/c1-2-23-17(24-11-8-16-26-15(12-27-16)19(20,21)22)25-13-18(9-10-18)14-6-4-3-5-7-14/h3-7,12H,2,8-11,13H2,1H3,(H2,23,24,25). The van der Waals surface area contributed by atoms with Crippen LogP contribution < -0.4 is 10.6 Å². The number of rotatable bonds is 7. The molecule has 0 atom stereocenters. The maximum absolute atomic E-state index is 12.6. The second-order valence-corrected chi connectivity index (χ2v) is 7.59. The normalized spacial score (nSPS) is 16.2. The molecule has 3 rings (SSSR count). The molecule has 0 saturated heterocycles. The topological polar surface area (TPSA) is 49.3 Å². The van der Waals surface area contributed by atoms with Crippen LogP contribution in [0, 0.1) is 0 Å². The van der Waals surface area contributed by atoms with Crippen molar-refractivity contribution in [3.63, 3.8) is 0 Å². The van der Waals surface area contributed by atoms with Gasteiger partial charge in [0.2, 0.25) is 0 Å². The maximum atomic E-state index is 12.6. The van der Waals surface area contributed by atoms with Crippen molar-refractivity contribution in [1.82, 2.24) is 15.6 Å². The fraction of sp³-hybridized carbons (Fsp3) is 0.474. The fourth-order valence-electron chi connectivity index (χ4n) is 2.90. The monoisotopic (exact) mass is 396 g/mol. The van der Waals surface area contributed by atoms with Gasteiger partial charge in [0.1, 0.15) is 0 Å². The van der Waals surface area contributed by atoms with Crippen LogP contribution in [-0.2, 0) is 18.0 Å². The molecule has 1 fully saturated rings. The Kier molecular flexibility index (Phi) is 6.04. The summed E-state index contributed by atoms with van der Waals surface area (Å²) in [4.78, 5) is 8.35. The molecule has 0 amide bonds. The lowest BCUT2D eigenvalue weighted by molar-refractivity contribution is -0.140. The van der Waals surface area contributed by atoms with Crippen molar-refractivity contribution in [2.24, 2.45) is 4.99 Å². The Morgan fingerprint density at radius 1 is 1.22 bits per heavy atom. The van der Waals surface area contributed by atoms with E-state index >= 15 is 0 Å². The molecule has 27 heavy (non-hydrogen) atoms. The summed E-state index contributed by atoms with van der Waals surface area (Å²) in [5.41, 5.74) is 0.620. The number of aromatic nitrogens is 1. The van der Waals surface area contributed by atoms with Crippen molar-refractivity contribution in [2.45, 2.75) is 37.8 Å². The van der Waals surface area contributed by atoms with Gasteiger partial charge >= 0.3 is 6.18 Å². The number of hydrogen-bond donors (Lipinski definition) is 2. The van der Waals surface area contributed by atoms with Crippen molar-refractivity contribution in [1.29, 1.82) is 0 Å². The number of halogens is 3. The van der Waals surface area contributed by atoms with Crippen molar-refractivity contribution in [3.8, 4) is 0 Å². The molecule has 0 spiro atoms. The SMILES string of the molecule is CCNC(=NCC1(c2ccccc2)CC1)NCCc1nc(C(F)(F)F)cs1. The van der Waals surface area contributed by atoms with E-state index in [-0.39, 0.29) is 5.41 Å². The zero-order valence-corrected chi connectivity index (χ0v) is 16.0. The van der Waals surface area contributed by atoms with Gasteiger partial charge in [-0.15, -0.1) is 11.3 Å². The highest BCUT2D eigenvalue weighted by molar-refractivity contribution is 7.09. The quantitative estimate of drug-likeness (QED) is 0.550. The van der Waals surface area contributed by atoms with Crippen LogP contribution in [0.25, 0.3) is 0 Å². The third-order valence-electron chi connectivity index (χ3n) is 4.60. The van der Waals surface area contributed by atoms with E-state index < -0.39 is 11.9 Å². The Morgan fingerprint density at radius 3 is 2.56 bits per heavy atom. The van der Waals surface area contributed by atoms with Gasteiger partial charge in [-0.05, 0) is 25.3 Å². The van der Waals surface area contributed by atoms with Gasteiger partial charge in [-0.1, -0.05) is 30.3 Å². The van der Waals surface area contributed by atoms with E-state index in [4.69, 9.17) is 4.99 Å². The maximum Gasteiger partial charge on any atom is 0.434 e. The van der Waals surface area contributed by atoms with E-state index in [1.54, 1.807) is 0 Å². The second kappa shape index (κ2) is 8.29. The zero-order chi connectivity index (χ0) is 19.3. The molecule has 1 aromatic heterocycles. The predicted octanol–water partition coefficient (Wildman–Crippen LogP) is 3.99. The molecule has 4 nitrogen and oxygen atoms in total. The van der Waals surface area contributed by atoms with Gasteiger partial charge in [0.15, 0.2) is 11.7 Å². The Balaban J connectivity index is 1.55. The Hall–Kier alpha value is -2.09. The summed E-state index contributed by atoms with van der Waals surface area (Å²) in [6, 6.07) is 10.4. The van der Waals surface area contributed by atoms with Crippen LogP contribution in [-0.4, -0.2) is 30.6 Å². The number of benzene rings is 1. The first-order chi connectivity index (χ1) is 12.9. The molecule has 0 bridgehead atoms. The summed E-state index contributed by atoms with van der Waals surface area (Å²) < 4.78 is 37.8. The summed E-state index contributed by atoms with van der Waals surface area (Å²) >= 11 is 1.03. The molecule has 8 heteroatoms. The third-order valence-corrected chi connectivity index (χ3v) is 5.51. The van der Waals surface area contributed by atoms with Crippen LogP contribution in [0.5, 0.6) is 0 Å². The van der Waals surface area contributed by atoms with Crippen molar-refractivity contribution in [3.05, 3.63) is 52.0 Å². The summed E-state index contributed by atoms with van der Waals surface area (Å²) in [6.45, 7) is 3.88. The van der Waals surface area contributed by atoms with Crippen molar-refractivity contribution < 1.29 is 13.2 Å². The fourth-order valence-corrected chi connectivity index (χ4v) is 3.70. The molecule has 1 heterocycles. The Labute approximate surface area is 160 Å². The first kappa shape index (κ1) is 19.7. The lowest BCUT2D eigenvalue weighted by Crippen LogP contribution is -2.39. The highest BCUT2D eigenvalue weighted by Crippen LogP contribution is 2.48. The molecular weight excluding hydrogens is 373 g/mol. The Bertz CT molecular complexity index is 767. The van der Waals surface area contributed by atoms with Crippen molar-refractivity contribution >= 4 is 17.3 Å². The van der Waals surface area contributed by atoms with Crippen LogP contribution in [0.1, 0.15) is 36.0 Å². The van der Waals surface area contributed by atoms with Gasteiger partial charge < -0.3 is 10.6 Å². The average Bonchev–Trinajstić information content (AvgIpc) is 3.28. The summed E-state index contributed by atoms with van der Waals surface area (Å²) in [7, 11) is 0. The molecule has 1 aliphatic carbocycles. The first-order valence-electron chi connectivity index (χ1n) is 9.02. The van der Waals surface area contributed by atoms with Gasteiger partial charge in [-0.2, -0.15) is 13.2 Å². The van der Waals surface area contributed by atoms with E-state index in [1.165, 1.54) is 5.56 Å². The summed E-state index contributed by atoms with van der Waals surface area (Å²) in [5.74, 6) is 0.687. The van der Waals surface area contributed by atoms with Crippen LogP contribution in [0.3, 0.4) is 0 Å². The molecular formula is C19H23F3N4S. The number of aliphatic imine (C=N–C) groups is 1. The highest BCUT2D eigenvalue weighted by atomic mass is 32.1. The molecule has 1 saturated carbocycles. The van der Waals surface area contributed by atoms with Gasteiger partial charge in [-0.3, -0.25) is 4.99 Å². The minimum Gasteiger partial charge on any atom is -0.357 e. The lowest BCUT2D eigenvalue weighted by Gasteiger charge is -2.15. The molecule has 0 aliphatic heterocycles. The Morgan fingerprint density at radius 2 is 1.96 bits per heavy atom. The molecule has 0 unspecified atom stereocenters. The number of nitrogens with zero attached hydrogens (tertiary/aromatic N) is 2. The van der Waals surface area contributed by atoms with Crippen molar-refractivity contribution in [2.75, 3.05) is 19.6 Å². The minimum absolute atomic E-state index is 0.126. The number of nitrogens with one attached hydrogen (secondary N) is 2. The van der Waals surface area contributed by atoms with E-state index in [9.17, 15) is 13.2 Å². The summed E-state index contributed by atoms with van der Waals surface area (Å²) in [5, 5.41) is 7.91.